The van der Waals surface area contributed by atoms with E-state index >= 15 is 0 Å². The van der Waals surface area contributed by atoms with Crippen LogP contribution in [0.4, 0.5) is 5.69 Å². The van der Waals surface area contributed by atoms with Crippen LogP contribution >= 0.6 is 0 Å². The summed E-state index contributed by atoms with van der Waals surface area (Å²) in [6.45, 7) is 6.39. The van der Waals surface area contributed by atoms with Crippen LogP contribution in [-0.4, -0.2) is 38.8 Å². The van der Waals surface area contributed by atoms with Crippen molar-refractivity contribution < 1.29 is 13.2 Å². The molecule has 3 aromatic rings. The maximum Gasteiger partial charge on any atom is 0.243 e. The van der Waals surface area contributed by atoms with E-state index in [1.165, 1.54) is 4.31 Å². The lowest BCUT2D eigenvalue weighted by atomic mass is 9.96. The topological polar surface area (TPSA) is 57.7 Å². The van der Waals surface area contributed by atoms with Crippen LogP contribution in [0.25, 0.3) is 10.8 Å². The fraction of sp³-hybridized carbons (Fsp3) is 0.346. The Balaban J connectivity index is 1.47. The monoisotopic (exact) mass is 450 g/mol. The number of anilines is 1. The lowest BCUT2D eigenvalue weighted by Crippen LogP contribution is -2.43. The fourth-order valence-electron chi connectivity index (χ4n) is 4.83. The molecule has 3 aromatic carbocycles. The molecular weight excluding hydrogens is 420 g/mol. The number of hydrogen-bond acceptors (Lipinski definition) is 3. The molecule has 1 aliphatic rings. The first-order chi connectivity index (χ1) is 15.2. The molecule has 0 atom stereocenters. The third-order valence-corrected chi connectivity index (χ3v) is 8.66. The third-order valence-electron chi connectivity index (χ3n) is 6.46. The van der Waals surface area contributed by atoms with Crippen LogP contribution in [0.15, 0.2) is 59.5 Å². The van der Waals surface area contributed by atoms with Gasteiger partial charge in [-0.15, -0.1) is 0 Å². The van der Waals surface area contributed by atoms with Gasteiger partial charge in [-0.3, -0.25) is 4.79 Å². The van der Waals surface area contributed by atoms with Gasteiger partial charge in [0.2, 0.25) is 15.9 Å². The molecule has 0 unspecified atom stereocenters. The number of aryl methyl sites for hydroxylation is 3. The Labute approximate surface area is 190 Å². The summed E-state index contributed by atoms with van der Waals surface area (Å²) in [5, 5.41) is 2.23. The lowest BCUT2D eigenvalue weighted by Gasteiger charge is -2.33. The first kappa shape index (κ1) is 22.5. The summed E-state index contributed by atoms with van der Waals surface area (Å²) in [4.78, 5) is 15.3. The molecule has 0 bridgehead atoms. The smallest absolute Gasteiger partial charge is 0.243 e. The van der Waals surface area contributed by atoms with Gasteiger partial charge in [0.1, 0.15) is 0 Å². The van der Waals surface area contributed by atoms with Gasteiger partial charge in [0.05, 0.1) is 4.90 Å². The molecule has 0 aliphatic carbocycles. The first-order valence-corrected chi connectivity index (χ1v) is 12.5. The highest BCUT2D eigenvalue weighted by molar-refractivity contribution is 7.89. The Morgan fingerprint density at radius 3 is 2.12 bits per heavy atom. The second-order valence-electron chi connectivity index (χ2n) is 8.83. The average molecular weight is 451 g/mol. The third kappa shape index (κ3) is 4.17. The van der Waals surface area contributed by atoms with Crippen LogP contribution in [-0.2, 0) is 14.8 Å². The van der Waals surface area contributed by atoms with Crippen LogP contribution in [0.2, 0.25) is 0 Å². The molecule has 6 heteroatoms. The molecule has 0 spiro atoms. The van der Waals surface area contributed by atoms with E-state index in [2.05, 4.69) is 6.07 Å². The summed E-state index contributed by atoms with van der Waals surface area (Å²) in [5.74, 6) is -0.141. The SMILES string of the molecule is Cc1cc(C)c(S(=O)(=O)N2CCC(C(=O)N(C)c3ccc4ccccc4c3)CC2)c(C)c1. The molecule has 5 nitrogen and oxygen atoms in total. The molecule has 32 heavy (non-hydrogen) atoms. The molecule has 0 radical (unpaired) electrons. The van der Waals surface area contributed by atoms with Gasteiger partial charge >= 0.3 is 0 Å². The van der Waals surface area contributed by atoms with Crippen molar-refractivity contribution in [3.8, 4) is 0 Å². The average Bonchev–Trinajstić information content (AvgIpc) is 2.77. The maximum absolute atomic E-state index is 13.3. The summed E-state index contributed by atoms with van der Waals surface area (Å²) in [7, 11) is -1.78. The van der Waals surface area contributed by atoms with Gasteiger partial charge in [0.15, 0.2) is 0 Å². The molecule has 1 aliphatic heterocycles. The van der Waals surface area contributed by atoms with E-state index in [0.717, 1.165) is 33.2 Å². The summed E-state index contributed by atoms with van der Waals surface area (Å²) in [5.41, 5.74) is 3.46. The molecule has 1 fully saturated rings. The van der Waals surface area contributed by atoms with Crippen molar-refractivity contribution in [3.05, 3.63) is 71.3 Å². The van der Waals surface area contributed by atoms with Crippen LogP contribution < -0.4 is 4.90 Å². The Morgan fingerprint density at radius 2 is 1.50 bits per heavy atom. The predicted octanol–water partition coefficient (Wildman–Crippen LogP) is 4.83. The summed E-state index contributed by atoms with van der Waals surface area (Å²) in [6.07, 6.45) is 1.06. The van der Waals surface area contributed by atoms with E-state index < -0.39 is 10.0 Å². The first-order valence-electron chi connectivity index (χ1n) is 11.0. The number of benzene rings is 3. The summed E-state index contributed by atoms with van der Waals surface area (Å²) >= 11 is 0. The number of amides is 1. The zero-order chi connectivity index (χ0) is 23.0. The fourth-order valence-corrected chi connectivity index (χ4v) is 6.71. The summed E-state index contributed by atoms with van der Waals surface area (Å²) < 4.78 is 28.2. The minimum absolute atomic E-state index is 0.0417. The minimum Gasteiger partial charge on any atom is -0.315 e. The highest BCUT2D eigenvalue weighted by Crippen LogP contribution is 2.30. The molecule has 4 rings (SSSR count). The minimum atomic E-state index is -3.58. The van der Waals surface area contributed by atoms with Crippen molar-refractivity contribution >= 4 is 32.4 Å². The molecule has 168 valence electrons. The van der Waals surface area contributed by atoms with Gasteiger partial charge in [-0.2, -0.15) is 4.31 Å². The number of piperidine rings is 1. The Bertz CT molecular complexity index is 1250. The normalized spacial score (nSPS) is 15.8. The Morgan fingerprint density at radius 1 is 0.906 bits per heavy atom. The quantitative estimate of drug-likeness (QED) is 0.572. The van der Waals surface area contributed by atoms with Crippen LogP contribution in [0.1, 0.15) is 29.5 Å². The largest absolute Gasteiger partial charge is 0.315 e. The molecule has 0 saturated carbocycles. The van der Waals surface area contributed by atoms with Crippen molar-refractivity contribution in [1.82, 2.24) is 4.31 Å². The lowest BCUT2D eigenvalue weighted by molar-refractivity contribution is -0.123. The maximum atomic E-state index is 13.3. The molecule has 1 heterocycles. The zero-order valence-electron chi connectivity index (χ0n) is 19.1. The highest BCUT2D eigenvalue weighted by atomic mass is 32.2. The molecular formula is C26H30N2O3S. The predicted molar refractivity (Wildman–Crippen MR) is 129 cm³/mol. The number of sulfonamides is 1. The van der Waals surface area contributed by atoms with Crippen LogP contribution in [0.5, 0.6) is 0 Å². The van der Waals surface area contributed by atoms with Gasteiger partial charge in [0, 0.05) is 31.7 Å². The molecule has 1 amide bonds. The van der Waals surface area contributed by atoms with E-state index in [0.29, 0.717) is 30.8 Å². The van der Waals surface area contributed by atoms with Crippen LogP contribution in [0, 0.1) is 26.7 Å². The second-order valence-corrected chi connectivity index (χ2v) is 10.7. The van der Waals surface area contributed by atoms with E-state index in [4.69, 9.17) is 0 Å². The standard InChI is InChI=1S/C26H30N2O3S/c1-18-15-19(2)25(20(3)16-18)32(30,31)28-13-11-22(12-14-28)26(29)27(4)24-10-9-21-7-5-6-8-23(21)17-24/h5-10,15-17,22H,11-14H2,1-4H3. The Kier molecular flexibility index (Phi) is 6.10. The number of fused-ring (bicyclic) bond motifs is 1. The van der Waals surface area contributed by atoms with E-state index in [1.807, 2.05) is 69.3 Å². The number of carbonyl (C=O) groups is 1. The van der Waals surface area contributed by atoms with Gasteiger partial charge in [0.25, 0.3) is 0 Å². The van der Waals surface area contributed by atoms with Crippen molar-refractivity contribution in [2.75, 3.05) is 25.0 Å². The Hall–Kier alpha value is -2.70. The number of rotatable bonds is 4. The number of hydrogen-bond donors (Lipinski definition) is 0. The van der Waals surface area contributed by atoms with E-state index in [1.54, 1.807) is 11.9 Å². The molecule has 0 aromatic heterocycles. The molecule has 1 saturated heterocycles. The van der Waals surface area contributed by atoms with Crippen LogP contribution in [0.3, 0.4) is 0 Å². The van der Waals surface area contributed by atoms with Gasteiger partial charge in [-0.05, 0) is 67.6 Å². The zero-order valence-corrected chi connectivity index (χ0v) is 19.9. The number of nitrogens with zero attached hydrogens (tertiary/aromatic N) is 2. The molecule has 0 N–H and O–H groups in total. The van der Waals surface area contributed by atoms with Crippen molar-refractivity contribution in [2.24, 2.45) is 5.92 Å². The second kappa shape index (κ2) is 8.68. The van der Waals surface area contributed by atoms with Crippen molar-refractivity contribution in [2.45, 2.75) is 38.5 Å². The van der Waals surface area contributed by atoms with Gasteiger partial charge in [-0.25, -0.2) is 8.42 Å². The summed E-state index contributed by atoms with van der Waals surface area (Å²) in [6, 6.07) is 17.9. The van der Waals surface area contributed by atoms with Crippen molar-refractivity contribution in [3.63, 3.8) is 0 Å². The highest BCUT2D eigenvalue weighted by Gasteiger charge is 2.34. The van der Waals surface area contributed by atoms with Gasteiger partial charge in [-0.1, -0.05) is 48.0 Å². The van der Waals surface area contributed by atoms with Gasteiger partial charge < -0.3 is 4.90 Å². The van der Waals surface area contributed by atoms with Crippen molar-refractivity contribution in [1.29, 1.82) is 0 Å². The van der Waals surface area contributed by atoms with E-state index in [9.17, 15) is 13.2 Å². The number of carbonyl (C=O) groups excluding carboxylic acids is 1. The van der Waals surface area contributed by atoms with E-state index in [-0.39, 0.29) is 11.8 Å².